The van der Waals surface area contributed by atoms with E-state index in [-0.39, 0.29) is 36.9 Å². The maximum Gasteiger partial charge on any atom is 0.253 e. The number of carbonyl (C=O) groups excluding carboxylic acids is 2. The lowest BCUT2D eigenvalue weighted by atomic mass is 10.0. The maximum absolute atomic E-state index is 14.0. The van der Waals surface area contributed by atoms with Crippen LogP contribution in [0.4, 0.5) is 4.39 Å². The number of methoxy groups -OCH3 is 1. The van der Waals surface area contributed by atoms with Gasteiger partial charge in [0.05, 0.1) is 26.4 Å². The fourth-order valence-corrected chi connectivity index (χ4v) is 3.73. The van der Waals surface area contributed by atoms with Gasteiger partial charge < -0.3 is 24.6 Å². The number of carbonyl (C=O) groups is 2. The smallest absolute Gasteiger partial charge is 0.253 e. The number of hydrogen-bond acceptors (Lipinski definition) is 5. The Bertz CT molecular complexity index is 706. The van der Waals surface area contributed by atoms with Gasteiger partial charge in [-0.1, -0.05) is 0 Å². The summed E-state index contributed by atoms with van der Waals surface area (Å²) in [4.78, 5) is 28.8. The Balaban J connectivity index is 0.00000300. The zero-order valence-corrected chi connectivity index (χ0v) is 17.5. The standard InChI is InChI=1S/C20H28FN3O4.ClH/c1-27-9-10-28-14-16-11-15(4-5-18(16)21)20(26)23-7-2-3-17(13-23)24-8-6-22-12-19(24)25;/h4-5,11,17,22H,2-3,6-10,12-14H2,1H3;1H. The summed E-state index contributed by atoms with van der Waals surface area (Å²) in [6.07, 6.45) is 1.75. The Kier molecular flexibility index (Phi) is 9.29. The predicted octanol–water partition coefficient (Wildman–Crippen LogP) is 1.45. The van der Waals surface area contributed by atoms with Crippen LogP contribution in [0.25, 0.3) is 0 Å². The van der Waals surface area contributed by atoms with Gasteiger partial charge >= 0.3 is 0 Å². The van der Waals surface area contributed by atoms with Gasteiger partial charge in [0.1, 0.15) is 5.82 Å². The number of likely N-dealkylation sites (tertiary alicyclic amines) is 1. The van der Waals surface area contributed by atoms with E-state index in [4.69, 9.17) is 9.47 Å². The van der Waals surface area contributed by atoms with Gasteiger partial charge in [-0.25, -0.2) is 4.39 Å². The average molecular weight is 430 g/mol. The number of halogens is 2. The summed E-state index contributed by atoms with van der Waals surface area (Å²) in [6.45, 7) is 3.85. The molecule has 7 nitrogen and oxygen atoms in total. The molecule has 2 amide bonds. The van der Waals surface area contributed by atoms with E-state index in [0.29, 0.717) is 50.5 Å². The topological polar surface area (TPSA) is 71.1 Å². The third-order valence-electron chi connectivity index (χ3n) is 5.23. The van der Waals surface area contributed by atoms with Crippen LogP contribution in [0.5, 0.6) is 0 Å². The predicted molar refractivity (Wildman–Crippen MR) is 109 cm³/mol. The van der Waals surface area contributed by atoms with E-state index < -0.39 is 5.82 Å². The normalized spacial score (nSPS) is 19.8. The number of nitrogens with one attached hydrogen (secondary N) is 1. The van der Waals surface area contributed by atoms with Crippen molar-refractivity contribution in [3.63, 3.8) is 0 Å². The Morgan fingerprint density at radius 2 is 2.14 bits per heavy atom. The number of amides is 2. The average Bonchev–Trinajstić information content (AvgIpc) is 2.72. The highest BCUT2D eigenvalue weighted by atomic mass is 35.5. The molecule has 2 saturated heterocycles. The van der Waals surface area contributed by atoms with Crippen LogP contribution < -0.4 is 5.32 Å². The lowest BCUT2D eigenvalue weighted by molar-refractivity contribution is -0.135. The second kappa shape index (κ2) is 11.4. The molecule has 162 valence electrons. The maximum atomic E-state index is 14.0. The molecular formula is C20H29ClFN3O4. The van der Waals surface area contributed by atoms with Crippen LogP contribution in [0.1, 0.15) is 28.8 Å². The van der Waals surface area contributed by atoms with Crippen LogP contribution in [-0.4, -0.2) is 80.7 Å². The molecule has 3 rings (SSSR count). The summed E-state index contributed by atoms with van der Waals surface area (Å²) >= 11 is 0. The van der Waals surface area contributed by atoms with Gasteiger partial charge in [0.2, 0.25) is 5.91 Å². The van der Waals surface area contributed by atoms with E-state index in [9.17, 15) is 14.0 Å². The van der Waals surface area contributed by atoms with Gasteiger partial charge in [-0.2, -0.15) is 0 Å². The third kappa shape index (κ3) is 6.12. The van der Waals surface area contributed by atoms with Crippen molar-refractivity contribution < 1.29 is 23.5 Å². The van der Waals surface area contributed by atoms with E-state index in [1.54, 1.807) is 18.1 Å². The summed E-state index contributed by atoms with van der Waals surface area (Å²) in [6, 6.07) is 4.42. The summed E-state index contributed by atoms with van der Waals surface area (Å²) in [5.41, 5.74) is 0.798. The first kappa shape index (κ1) is 23.5. The fourth-order valence-electron chi connectivity index (χ4n) is 3.73. The third-order valence-corrected chi connectivity index (χ3v) is 5.23. The summed E-state index contributed by atoms with van der Waals surface area (Å²) in [5, 5.41) is 3.07. The van der Waals surface area contributed by atoms with Crippen LogP contribution in [0, 0.1) is 5.82 Å². The molecule has 0 aliphatic carbocycles. The molecule has 0 saturated carbocycles. The summed E-state index contributed by atoms with van der Waals surface area (Å²) in [5.74, 6) is -0.440. The van der Waals surface area contributed by atoms with Crippen molar-refractivity contribution in [3.8, 4) is 0 Å². The zero-order valence-electron chi connectivity index (χ0n) is 16.7. The number of ether oxygens (including phenoxy) is 2. The van der Waals surface area contributed by atoms with E-state index >= 15 is 0 Å². The van der Waals surface area contributed by atoms with Crippen LogP contribution in [0.2, 0.25) is 0 Å². The van der Waals surface area contributed by atoms with Crippen molar-refractivity contribution in [2.24, 2.45) is 0 Å². The molecule has 0 radical (unpaired) electrons. The number of benzene rings is 1. The lowest BCUT2D eigenvalue weighted by Gasteiger charge is -2.41. The molecule has 2 aliphatic rings. The molecule has 2 fully saturated rings. The van der Waals surface area contributed by atoms with Gasteiger partial charge in [-0.15, -0.1) is 12.4 Å². The van der Waals surface area contributed by atoms with Crippen molar-refractivity contribution in [2.75, 3.05) is 53.0 Å². The van der Waals surface area contributed by atoms with Gasteiger partial charge in [0, 0.05) is 50.5 Å². The number of hydrogen-bond donors (Lipinski definition) is 1. The summed E-state index contributed by atoms with van der Waals surface area (Å²) < 4.78 is 24.3. The SMILES string of the molecule is COCCOCc1cc(C(=O)N2CCCC(N3CCNCC3=O)C2)ccc1F.Cl. The Labute approximate surface area is 176 Å². The van der Waals surface area contributed by atoms with E-state index in [1.165, 1.54) is 12.1 Å². The molecule has 29 heavy (non-hydrogen) atoms. The monoisotopic (exact) mass is 429 g/mol. The minimum Gasteiger partial charge on any atom is -0.382 e. The van der Waals surface area contributed by atoms with Crippen molar-refractivity contribution in [3.05, 3.63) is 35.1 Å². The molecular weight excluding hydrogens is 401 g/mol. The number of piperidine rings is 1. The molecule has 1 atom stereocenters. The molecule has 1 aromatic carbocycles. The van der Waals surface area contributed by atoms with E-state index in [1.807, 2.05) is 4.90 Å². The van der Waals surface area contributed by atoms with Gasteiger partial charge in [-0.05, 0) is 31.0 Å². The Morgan fingerprint density at radius 1 is 1.31 bits per heavy atom. The molecule has 0 spiro atoms. The largest absolute Gasteiger partial charge is 0.382 e. The molecule has 2 heterocycles. The highest BCUT2D eigenvalue weighted by Crippen LogP contribution is 2.20. The Morgan fingerprint density at radius 3 is 2.90 bits per heavy atom. The zero-order chi connectivity index (χ0) is 19.9. The van der Waals surface area contributed by atoms with Crippen molar-refractivity contribution in [2.45, 2.75) is 25.5 Å². The number of nitrogens with zero attached hydrogens (tertiary/aromatic N) is 2. The second-order valence-corrected chi connectivity index (χ2v) is 7.16. The number of piperazine rings is 1. The van der Waals surface area contributed by atoms with E-state index in [0.717, 1.165) is 19.4 Å². The highest BCUT2D eigenvalue weighted by molar-refractivity contribution is 5.94. The minimum absolute atomic E-state index is 0. The summed E-state index contributed by atoms with van der Waals surface area (Å²) in [7, 11) is 1.57. The molecule has 9 heteroatoms. The molecule has 1 unspecified atom stereocenters. The van der Waals surface area contributed by atoms with Gasteiger partial charge in [0.25, 0.3) is 5.91 Å². The quantitative estimate of drug-likeness (QED) is 0.664. The molecule has 1 aromatic rings. The van der Waals surface area contributed by atoms with Crippen molar-refractivity contribution >= 4 is 24.2 Å². The van der Waals surface area contributed by atoms with E-state index in [2.05, 4.69) is 5.32 Å². The van der Waals surface area contributed by atoms with Crippen LogP contribution in [-0.2, 0) is 20.9 Å². The highest BCUT2D eigenvalue weighted by Gasteiger charge is 2.32. The van der Waals surface area contributed by atoms with Gasteiger partial charge in [-0.3, -0.25) is 9.59 Å². The molecule has 2 aliphatic heterocycles. The van der Waals surface area contributed by atoms with Crippen LogP contribution >= 0.6 is 12.4 Å². The first-order valence-corrected chi connectivity index (χ1v) is 9.74. The van der Waals surface area contributed by atoms with Crippen LogP contribution in [0.15, 0.2) is 18.2 Å². The van der Waals surface area contributed by atoms with Gasteiger partial charge in [0.15, 0.2) is 0 Å². The minimum atomic E-state index is -0.392. The number of rotatable bonds is 7. The Hall–Kier alpha value is -1.74. The second-order valence-electron chi connectivity index (χ2n) is 7.16. The first-order chi connectivity index (χ1) is 13.6. The molecule has 0 bridgehead atoms. The van der Waals surface area contributed by atoms with Crippen LogP contribution in [0.3, 0.4) is 0 Å². The molecule has 0 aromatic heterocycles. The first-order valence-electron chi connectivity index (χ1n) is 9.74. The lowest BCUT2D eigenvalue weighted by Crippen LogP contribution is -2.57. The fraction of sp³-hybridized carbons (Fsp3) is 0.600. The van der Waals surface area contributed by atoms with Crippen molar-refractivity contribution in [1.29, 1.82) is 0 Å². The van der Waals surface area contributed by atoms with Crippen molar-refractivity contribution in [1.82, 2.24) is 15.1 Å². The molecule has 1 N–H and O–H groups in total.